The van der Waals surface area contributed by atoms with Crippen LogP contribution in [0.3, 0.4) is 0 Å². The van der Waals surface area contributed by atoms with E-state index in [1.165, 1.54) is 21.8 Å². The van der Waals surface area contributed by atoms with Gasteiger partial charge in [0.05, 0.1) is 19.8 Å². The Morgan fingerprint density at radius 1 is 1.14 bits per heavy atom. The van der Waals surface area contributed by atoms with Crippen LogP contribution in [0.5, 0.6) is 0 Å². The number of hydrogen-bond donors (Lipinski definition) is 1. The summed E-state index contributed by atoms with van der Waals surface area (Å²) in [5.41, 5.74) is 1.16. The lowest BCUT2D eigenvalue weighted by Gasteiger charge is -2.46. The number of fused-ring (bicyclic) bond motifs is 2. The van der Waals surface area contributed by atoms with E-state index in [2.05, 4.69) is 23.6 Å². The first kappa shape index (κ1) is 20.3. The summed E-state index contributed by atoms with van der Waals surface area (Å²) in [6.45, 7) is 13.4. The van der Waals surface area contributed by atoms with E-state index >= 15 is 0 Å². The Kier molecular flexibility index (Phi) is 5.82. The Hall–Kier alpha value is -0.990. The largest absolute Gasteiger partial charge is 0.477 e. The predicted molar refractivity (Wildman–Crippen MR) is 109 cm³/mol. The molecular formula is C21H32N2O4S. The maximum atomic E-state index is 11.4. The number of likely N-dealkylation sites (tertiary alicyclic amines) is 1. The van der Waals surface area contributed by atoms with Crippen LogP contribution in [0.15, 0.2) is 6.07 Å². The number of ether oxygens (including phenoxy) is 2. The van der Waals surface area contributed by atoms with Crippen LogP contribution in [0.25, 0.3) is 0 Å². The molecule has 2 saturated heterocycles. The van der Waals surface area contributed by atoms with E-state index in [-0.39, 0.29) is 11.0 Å². The second kappa shape index (κ2) is 8.03. The molecule has 0 atom stereocenters. The molecule has 28 heavy (non-hydrogen) atoms. The number of piperidine rings is 1. The molecule has 3 aliphatic heterocycles. The number of thiophene rings is 1. The highest BCUT2D eigenvalue weighted by Crippen LogP contribution is 2.45. The van der Waals surface area contributed by atoms with Crippen LogP contribution in [0.1, 0.15) is 46.8 Å². The first-order chi connectivity index (χ1) is 13.4. The molecule has 6 nitrogen and oxygen atoms in total. The second-order valence-corrected chi connectivity index (χ2v) is 10.2. The molecule has 0 saturated carbocycles. The molecule has 0 aliphatic carbocycles. The van der Waals surface area contributed by atoms with Crippen molar-refractivity contribution in [3.05, 3.63) is 21.4 Å². The van der Waals surface area contributed by atoms with Gasteiger partial charge in [-0.1, -0.05) is 13.8 Å². The number of carboxylic acids is 1. The molecule has 3 aliphatic rings. The normalized spacial score (nSPS) is 23.6. The molecule has 0 aromatic carbocycles. The third-order valence-electron chi connectivity index (χ3n) is 6.25. The topological polar surface area (TPSA) is 62.2 Å². The third-order valence-corrected chi connectivity index (χ3v) is 7.60. The summed E-state index contributed by atoms with van der Waals surface area (Å²) in [4.78, 5) is 18.1. The smallest absolute Gasteiger partial charge is 0.345 e. The number of nitrogens with zero attached hydrogens (tertiary/aromatic N) is 2. The van der Waals surface area contributed by atoms with E-state index < -0.39 is 5.97 Å². The lowest BCUT2D eigenvalue weighted by molar-refractivity contribution is -0.0989. The van der Waals surface area contributed by atoms with Crippen molar-refractivity contribution >= 4 is 17.3 Å². The first-order valence-corrected chi connectivity index (χ1v) is 11.2. The van der Waals surface area contributed by atoms with Gasteiger partial charge in [-0.05, 0) is 36.3 Å². The number of aromatic carboxylic acids is 1. The average molecular weight is 409 g/mol. The minimum atomic E-state index is -0.822. The molecule has 4 heterocycles. The van der Waals surface area contributed by atoms with Crippen molar-refractivity contribution in [3.63, 3.8) is 0 Å². The minimum absolute atomic E-state index is 0.236. The highest BCUT2D eigenvalue weighted by Gasteiger charge is 2.43. The molecule has 1 spiro atoms. The van der Waals surface area contributed by atoms with Crippen molar-refractivity contribution in [1.82, 2.24) is 9.80 Å². The van der Waals surface area contributed by atoms with Crippen molar-refractivity contribution in [1.29, 1.82) is 0 Å². The summed E-state index contributed by atoms with van der Waals surface area (Å²) < 4.78 is 11.8. The van der Waals surface area contributed by atoms with Crippen molar-refractivity contribution in [2.75, 3.05) is 59.1 Å². The Labute approximate surface area is 171 Å². The molecule has 0 amide bonds. The fourth-order valence-electron chi connectivity index (χ4n) is 4.99. The van der Waals surface area contributed by atoms with Gasteiger partial charge in [-0.2, -0.15) is 0 Å². The molecule has 156 valence electrons. The van der Waals surface area contributed by atoms with Crippen LogP contribution >= 0.6 is 11.3 Å². The van der Waals surface area contributed by atoms with Gasteiger partial charge in [-0.25, -0.2) is 4.79 Å². The SMILES string of the molecule is CC(C)(CN1CCOCC1)CN1CCC2(CC1)OCCc1cc(C(=O)O)sc12. The Bertz CT molecular complexity index is 703. The minimum Gasteiger partial charge on any atom is -0.477 e. The van der Waals surface area contributed by atoms with Gasteiger partial charge in [0.2, 0.25) is 0 Å². The molecular weight excluding hydrogens is 376 g/mol. The van der Waals surface area contributed by atoms with Crippen molar-refractivity contribution in [3.8, 4) is 0 Å². The van der Waals surface area contributed by atoms with Crippen LogP contribution in [0.4, 0.5) is 0 Å². The Morgan fingerprint density at radius 2 is 1.79 bits per heavy atom. The van der Waals surface area contributed by atoms with Gasteiger partial charge < -0.3 is 19.5 Å². The van der Waals surface area contributed by atoms with Crippen LogP contribution in [0.2, 0.25) is 0 Å². The van der Waals surface area contributed by atoms with Crippen molar-refractivity contribution in [2.24, 2.45) is 5.41 Å². The molecule has 1 aromatic rings. The van der Waals surface area contributed by atoms with Crippen LogP contribution in [-0.2, 0) is 21.5 Å². The summed E-state index contributed by atoms with van der Waals surface area (Å²) in [6.07, 6.45) is 2.73. The van der Waals surface area contributed by atoms with Gasteiger partial charge in [-0.15, -0.1) is 11.3 Å². The lowest BCUT2D eigenvalue weighted by Crippen LogP contribution is -2.50. The van der Waals surface area contributed by atoms with E-state index in [0.717, 1.165) is 71.7 Å². The summed E-state index contributed by atoms with van der Waals surface area (Å²) in [6, 6.07) is 1.87. The lowest BCUT2D eigenvalue weighted by atomic mass is 9.84. The number of morpholine rings is 1. The number of hydrogen-bond acceptors (Lipinski definition) is 6. The monoisotopic (exact) mass is 408 g/mol. The summed E-state index contributed by atoms with van der Waals surface area (Å²) >= 11 is 1.42. The maximum absolute atomic E-state index is 11.4. The van der Waals surface area contributed by atoms with E-state index in [9.17, 15) is 9.90 Å². The second-order valence-electron chi connectivity index (χ2n) is 9.19. The zero-order chi connectivity index (χ0) is 19.8. The average Bonchev–Trinajstić information content (AvgIpc) is 3.10. The standard InChI is InChI=1S/C21H32N2O4S/c1-20(2,15-23-8-11-26-12-9-23)14-22-6-4-21(5-7-22)18-16(3-10-27-21)13-17(28-18)19(24)25/h13H,3-12,14-15H2,1-2H3,(H,24,25). The molecule has 2 fully saturated rings. The zero-order valence-corrected chi connectivity index (χ0v) is 17.9. The first-order valence-electron chi connectivity index (χ1n) is 10.4. The van der Waals surface area contributed by atoms with Crippen LogP contribution in [-0.4, -0.2) is 80.0 Å². The van der Waals surface area contributed by atoms with E-state index in [1.807, 2.05) is 6.07 Å². The van der Waals surface area contributed by atoms with Gasteiger partial charge in [0, 0.05) is 44.1 Å². The number of carbonyl (C=O) groups is 1. The summed E-state index contributed by atoms with van der Waals surface area (Å²) in [5.74, 6) is -0.822. The van der Waals surface area contributed by atoms with Crippen LogP contribution in [0, 0.1) is 5.41 Å². The molecule has 0 radical (unpaired) electrons. The highest BCUT2D eigenvalue weighted by atomic mass is 32.1. The number of carboxylic acid groups (broad SMARTS) is 1. The fourth-order valence-corrected chi connectivity index (χ4v) is 6.24. The molecule has 1 N–H and O–H groups in total. The quantitative estimate of drug-likeness (QED) is 0.808. The predicted octanol–water partition coefficient (Wildman–Crippen LogP) is 2.67. The molecule has 0 bridgehead atoms. The van der Waals surface area contributed by atoms with Crippen LogP contribution < -0.4 is 0 Å². The van der Waals surface area contributed by atoms with Gasteiger partial charge in [0.25, 0.3) is 0 Å². The molecule has 7 heteroatoms. The Morgan fingerprint density at radius 3 is 2.43 bits per heavy atom. The zero-order valence-electron chi connectivity index (χ0n) is 17.0. The van der Waals surface area contributed by atoms with Gasteiger partial charge >= 0.3 is 5.97 Å². The molecule has 0 unspecified atom stereocenters. The third kappa shape index (κ3) is 4.28. The molecule has 4 rings (SSSR count). The van der Waals surface area contributed by atoms with Gasteiger partial charge in [0.15, 0.2) is 0 Å². The maximum Gasteiger partial charge on any atom is 0.345 e. The van der Waals surface area contributed by atoms with E-state index in [1.54, 1.807) is 0 Å². The summed E-state index contributed by atoms with van der Waals surface area (Å²) in [5, 5.41) is 9.37. The van der Waals surface area contributed by atoms with E-state index in [4.69, 9.17) is 9.47 Å². The van der Waals surface area contributed by atoms with Gasteiger partial charge in [-0.3, -0.25) is 4.90 Å². The van der Waals surface area contributed by atoms with Gasteiger partial charge in [0.1, 0.15) is 10.5 Å². The number of rotatable bonds is 5. The van der Waals surface area contributed by atoms with E-state index in [0.29, 0.717) is 11.5 Å². The summed E-state index contributed by atoms with van der Waals surface area (Å²) in [7, 11) is 0. The highest BCUT2D eigenvalue weighted by molar-refractivity contribution is 7.14. The van der Waals surface area contributed by atoms with Crippen molar-refractivity contribution < 1.29 is 19.4 Å². The Balaban J connectivity index is 1.38. The van der Waals surface area contributed by atoms with Crippen molar-refractivity contribution in [2.45, 2.75) is 38.7 Å². The fraction of sp³-hybridized carbons (Fsp3) is 0.762. The molecule has 1 aromatic heterocycles.